The summed E-state index contributed by atoms with van der Waals surface area (Å²) in [5.41, 5.74) is 1.66. The SMILES string of the molecule is CC[C@@H](Nc1c(C#N)cnc2c(Cl)cc(N[C@H](c3cn(C4(C(F)(F)F)CC4)nn3)c3ccc(F)nc3C)cc12)c1ccccc1. The van der Waals surface area contributed by atoms with E-state index in [1.54, 1.807) is 19.1 Å². The Morgan fingerprint density at radius 2 is 1.87 bits per heavy atom. The molecule has 0 bridgehead atoms. The fourth-order valence-electron chi connectivity index (χ4n) is 5.57. The third kappa shape index (κ3) is 5.64. The van der Waals surface area contributed by atoms with Crippen molar-refractivity contribution in [2.24, 2.45) is 0 Å². The van der Waals surface area contributed by atoms with Gasteiger partial charge in [0, 0.05) is 28.5 Å². The van der Waals surface area contributed by atoms with Gasteiger partial charge in [-0.1, -0.05) is 60.1 Å². The molecule has 0 unspecified atom stereocenters. The van der Waals surface area contributed by atoms with Crippen molar-refractivity contribution >= 4 is 33.9 Å². The predicted octanol–water partition coefficient (Wildman–Crippen LogP) is 8.01. The molecule has 1 fully saturated rings. The second-order valence-electron chi connectivity index (χ2n) is 11.0. The molecule has 8 nitrogen and oxygen atoms in total. The van der Waals surface area contributed by atoms with Crippen molar-refractivity contribution in [2.45, 2.75) is 56.9 Å². The van der Waals surface area contributed by atoms with Crippen LogP contribution in [0.3, 0.4) is 0 Å². The number of rotatable bonds is 9. The zero-order valence-corrected chi connectivity index (χ0v) is 25.0. The van der Waals surface area contributed by atoms with Crippen LogP contribution in [-0.2, 0) is 5.54 Å². The normalized spacial score (nSPS) is 15.3. The third-order valence-electron chi connectivity index (χ3n) is 8.19. The first-order valence-corrected chi connectivity index (χ1v) is 14.7. The monoisotopic (exact) mass is 634 g/mol. The topological polar surface area (TPSA) is 104 Å². The largest absolute Gasteiger partial charge is 0.413 e. The van der Waals surface area contributed by atoms with Gasteiger partial charge in [0.25, 0.3) is 0 Å². The standard InChI is InChI=1S/C32H27ClF4N8/c1-3-25(19-7-5-4-6-8-19)42-28-20(15-38)16-39-29-23(28)13-21(14-24(29)33)41-30(22-9-10-27(34)40-18(22)2)26-17-45(44-43-26)31(11-12-31)32(35,36)37/h4-10,13-14,16-17,25,30,41H,3,11-12H2,1-2H3,(H,39,42)/t25-,30+/m1/s1. The van der Waals surface area contributed by atoms with Crippen molar-refractivity contribution in [2.75, 3.05) is 10.6 Å². The fourth-order valence-corrected chi connectivity index (χ4v) is 5.84. The first-order chi connectivity index (χ1) is 21.5. The molecule has 2 aromatic carbocycles. The van der Waals surface area contributed by atoms with Gasteiger partial charge in [-0.3, -0.25) is 4.98 Å². The molecule has 3 heterocycles. The van der Waals surface area contributed by atoms with E-state index in [0.717, 1.165) is 16.7 Å². The van der Waals surface area contributed by atoms with E-state index in [2.05, 4.69) is 37.0 Å². The van der Waals surface area contributed by atoms with E-state index in [4.69, 9.17) is 11.6 Å². The van der Waals surface area contributed by atoms with E-state index in [0.29, 0.717) is 39.1 Å². The molecular formula is C32H27ClF4N8. The van der Waals surface area contributed by atoms with Gasteiger partial charge in [-0.15, -0.1) is 5.10 Å². The van der Waals surface area contributed by atoms with Crippen LogP contribution in [0.2, 0.25) is 5.02 Å². The summed E-state index contributed by atoms with van der Waals surface area (Å²) in [5.74, 6) is -0.698. The number of pyridine rings is 2. The summed E-state index contributed by atoms with van der Waals surface area (Å²) in [6, 6.07) is 17.1. The summed E-state index contributed by atoms with van der Waals surface area (Å²) < 4.78 is 56.5. The first kappa shape index (κ1) is 30.3. The zero-order chi connectivity index (χ0) is 31.9. The molecule has 0 aliphatic heterocycles. The maximum absolute atomic E-state index is 14.0. The highest BCUT2D eigenvalue weighted by Crippen LogP contribution is 2.55. The van der Waals surface area contributed by atoms with E-state index in [9.17, 15) is 22.8 Å². The van der Waals surface area contributed by atoms with Crippen LogP contribution in [0.5, 0.6) is 0 Å². The quantitative estimate of drug-likeness (QED) is 0.125. The molecule has 3 aromatic heterocycles. The average Bonchev–Trinajstić information content (AvgIpc) is 3.70. The number of nitrogens with one attached hydrogen (secondary N) is 2. The lowest BCUT2D eigenvalue weighted by molar-refractivity contribution is -0.182. The summed E-state index contributed by atoms with van der Waals surface area (Å²) in [6.07, 6.45) is -1.24. The Bertz CT molecular complexity index is 1910. The molecule has 6 rings (SSSR count). The number of nitrogens with zero attached hydrogens (tertiary/aromatic N) is 6. The van der Waals surface area contributed by atoms with Crippen molar-refractivity contribution < 1.29 is 17.6 Å². The van der Waals surface area contributed by atoms with Gasteiger partial charge in [0.1, 0.15) is 11.8 Å². The molecule has 0 saturated heterocycles. The van der Waals surface area contributed by atoms with Gasteiger partial charge >= 0.3 is 6.18 Å². The van der Waals surface area contributed by atoms with E-state index >= 15 is 0 Å². The summed E-state index contributed by atoms with van der Waals surface area (Å²) in [5, 5.41) is 25.6. The molecule has 0 amide bonds. The van der Waals surface area contributed by atoms with Gasteiger partial charge in [0.15, 0.2) is 5.54 Å². The number of aryl methyl sites for hydroxylation is 1. The summed E-state index contributed by atoms with van der Waals surface area (Å²) >= 11 is 6.73. The maximum Gasteiger partial charge on any atom is 0.413 e. The van der Waals surface area contributed by atoms with Crippen molar-refractivity contribution in [1.82, 2.24) is 25.0 Å². The second kappa shape index (κ2) is 11.6. The van der Waals surface area contributed by atoms with Crippen LogP contribution in [-0.4, -0.2) is 31.1 Å². The molecule has 13 heteroatoms. The van der Waals surface area contributed by atoms with Gasteiger partial charge < -0.3 is 10.6 Å². The van der Waals surface area contributed by atoms with Gasteiger partial charge in [-0.05, 0) is 49.9 Å². The number of nitriles is 1. The maximum atomic E-state index is 14.0. The Labute approximate surface area is 261 Å². The van der Waals surface area contributed by atoms with Crippen LogP contribution >= 0.6 is 11.6 Å². The molecule has 0 radical (unpaired) electrons. The lowest BCUT2D eigenvalue weighted by Crippen LogP contribution is -2.35. The minimum atomic E-state index is -4.49. The number of halogens is 5. The third-order valence-corrected chi connectivity index (χ3v) is 8.47. The number of fused-ring (bicyclic) bond motifs is 1. The Morgan fingerprint density at radius 1 is 1.11 bits per heavy atom. The number of hydrogen-bond donors (Lipinski definition) is 2. The molecule has 45 heavy (non-hydrogen) atoms. The van der Waals surface area contributed by atoms with Crippen LogP contribution in [0, 0.1) is 24.2 Å². The molecule has 1 saturated carbocycles. The number of anilines is 2. The summed E-state index contributed by atoms with van der Waals surface area (Å²) in [4.78, 5) is 8.35. The van der Waals surface area contributed by atoms with Crippen LogP contribution in [0.1, 0.15) is 66.3 Å². The smallest absolute Gasteiger partial charge is 0.377 e. The molecular weight excluding hydrogens is 608 g/mol. The van der Waals surface area contributed by atoms with Gasteiger partial charge in [0.2, 0.25) is 5.95 Å². The van der Waals surface area contributed by atoms with E-state index in [1.165, 1.54) is 24.5 Å². The minimum absolute atomic E-state index is 0.0967. The van der Waals surface area contributed by atoms with E-state index in [-0.39, 0.29) is 29.6 Å². The number of hydrogen-bond acceptors (Lipinski definition) is 7. The molecule has 2 N–H and O–H groups in total. The lowest BCUT2D eigenvalue weighted by Gasteiger charge is -2.23. The van der Waals surface area contributed by atoms with E-state index < -0.39 is 23.7 Å². The lowest BCUT2D eigenvalue weighted by atomic mass is 10.0. The van der Waals surface area contributed by atoms with Crippen molar-refractivity contribution in [3.63, 3.8) is 0 Å². The van der Waals surface area contributed by atoms with Crippen LogP contribution in [0.4, 0.5) is 28.9 Å². The minimum Gasteiger partial charge on any atom is -0.377 e. The van der Waals surface area contributed by atoms with Gasteiger partial charge in [-0.25, -0.2) is 9.67 Å². The number of benzene rings is 2. The molecule has 2 atom stereocenters. The Kier molecular flexibility index (Phi) is 7.82. The average molecular weight is 635 g/mol. The second-order valence-corrected chi connectivity index (χ2v) is 11.4. The van der Waals surface area contributed by atoms with Crippen LogP contribution < -0.4 is 10.6 Å². The van der Waals surface area contributed by atoms with E-state index in [1.807, 2.05) is 37.3 Å². The Morgan fingerprint density at radius 3 is 2.51 bits per heavy atom. The predicted molar refractivity (Wildman–Crippen MR) is 162 cm³/mol. The van der Waals surface area contributed by atoms with Crippen LogP contribution in [0.15, 0.2) is 67.0 Å². The highest BCUT2D eigenvalue weighted by Gasteiger charge is 2.66. The van der Waals surface area contributed by atoms with Crippen molar-refractivity contribution in [1.29, 1.82) is 5.26 Å². The summed E-state index contributed by atoms with van der Waals surface area (Å²) in [7, 11) is 0. The van der Waals surface area contributed by atoms with Crippen molar-refractivity contribution in [3.8, 4) is 6.07 Å². The van der Waals surface area contributed by atoms with Gasteiger partial charge in [0.05, 0.1) is 40.1 Å². The Hall–Kier alpha value is -4.76. The highest BCUT2D eigenvalue weighted by atomic mass is 35.5. The molecule has 230 valence electrons. The number of alkyl halides is 3. The Balaban J connectivity index is 1.45. The number of aromatic nitrogens is 5. The molecule has 1 aliphatic rings. The van der Waals surface area contributed by atoms with Gasteiger partial charge in [-0.2, -0.15) is 22.8 Å². The highest BCUT2D eigenvalue weighted by molar-refractivity contribution is 6.35. The molecule has 0 spiro atoms. The van der Waals surface area contributed by atoms with Crippen molar-refractivity contribution in [3.05, 3.63) is 106 Å². The first-order valence-electron chi connectivity index (χ1n) is 14.3. The zero-order valence-electron chi connectivity index (χ0n) is 24.2. The fraction of sp³-hybridized carbons (Fsp3) is 0.281. The molecule has 5 aromatic rings. The van der Waals surface area contributed by atoms with Crippen LogP contribution in [0.25, 0.3) is 10.9 Å². The summed E-state index contributed by atoms with van der Waals surface area (Å²) in [6.45, 7) is 3.63. The molecule has 1 aliphatic carbocycles.